The molecule has 0 radical (unpaired) electrons. The fraction of sp³-hybridized carbons (Fsp3) is 0.333. The van der Waals surface area contributed by atoms with E-state index in [1.807, 2.05) is 35.2 Å². The first-order chi connectivity index (χ1) is 12.6. The van der Waals surface area contributed by atoms with Crippen LogP contribution in [0.2, 0.25) is 0 Å². The summed E-state index contributed by atoms with van der Waals surface area (Å²) in [6, 6.07) is 14.0. The van der Waals surface area contributed by atoms with Crippen LogP contribution in [0.1, 0.15) is 42.9 Å². The van der Waals surface area contributed by atoms with Crippen LogP contribution in [0.5, 0.6) is 0 Å². The summed E-state index contributed by atoms with van der Waals surface area (Å²) in [6.45, 7) is 6.00. The molecule has 3 aromatic rings. The van der Waals surface area contributed by atoms with Gasteiger partial charge in [-0.3, -0.25) is 4.79 Å². The van der Waals surface area contributed by atoms with Crippen molar-refractivity contribution < 1.29 is 9.18 Å². The van der Waals surface area contributed by atoms with Gasteiger partial charge < -0.3 is 9.47 Å². The van der Waals surface area contributed by atoms with Crippen LogP contribution in [0.3, 0.4) is 0 Å². The minimum absolute atomic E-state index is 0.00580. The number of halogens is 1. The fourth-order valence-electron chi connectivity index (χ4n) is 3.20. The molecular weight excluding hydrogens is 329 g/mol. The van der Waals surface area contributed by atoms with E-state index >= 15 is 0 Å². The summed E-state index contributed by atoms with van der Waals surface area (Å²) in [5.41, 5.74) is 2.22. The van der Waals surface area contributed by atoms with Gasteiger partial charge in [0, 0.05) is 24.7 Å². The second-order valence-corrected chi connectivity index (χ2v) is 6.41. The summed E-state index contributed by atoms with van der Waals surface area (Å²) < 4.78 is 15.7. The highest BCUT2D eigenvalue weighted by Gasteiger charge is 2.19. The Morgan fingerprint density at radius 1 is 1.12 bits per heavy atom. The number of carbonyl (C=O) groups excluding carboxylic acids is 1. The normalized spacial score (nSPS) is 11.0. The minimum Gasteiger partial charge on any atom is -0.331 e. The van der Waals surface area contributed by atoms with E-state index in [9.17, 15) is 9.18 Å². The summed E-state index contributed by atoms with van der Waals surface area (Å²) in [4.78, 5) is 19.3. The van der Waals surface area contributed by atoms with Gasteiger partial charge in [-0.05, 0) is 37.1 Å². The van der Waals surface area contributed by atoms with Gasteiger partial charge in [0.05, 0.1) is 17.6 Å². The standard InChI is InChI=1S/C21H24FN3O/c1-3-12-24(21(26)16-8-6-5-7-9-16)15-20-23-18-14-17(22)10-11-19(18)25(20)13-4-2/h5-11,14H,3-4,12-13,15H2,1-2H3. The molecule has 0 saturated heterocycles. The zero-order chi connectivity index (χ0) is 18.5. The van der Waals surface area contributed by atoms with Crippen LogP contribution in [0.25, 0.3) is 11.0 Å². The van der Waals surface area contributed by atoms with E-state index in [1.54, 1.807) is 6.07 Å². The molecule has 0 aliphatic rings. The van der Waals surface area contributed by atoms with Crippen molar-refractivity contribution in [2.24, 2.45) is 0 Å². The molecule has 0 aliphatic heterocycles. The van der Waals surface area contributed by atoms with Crippen molar-refractivity contribution in [3.63, 3.8) is 0 Å². The number of rotatable bonds is 7. The van der Waals surface area contributed by atoms with Crippen molar-refractivity contribution in [3.05, 3.63) is 65.7 Å². The molecule has 4 nitrogen and oxygen atoms in total. The largest absolute Gasteiger partial charge is 0.331 e. The Hall–Kier alpha value is -2.69. The summed E-state index contributed by atoms with van der Waals surface area (Å²) in [5, 5.41) is 0. The van der Waals surface area contributed by atoms with E-state index in [0.29, 0.717) is 24.2 Å². The average Bonchev–Trinajstić information content (AvgIpc) is 2.98. The first-order valence-corrected chi connectivity index (χ1v) is 9.13. The summed E-state index contributed by atoms with van der Waals surface area (Å²) in [5.74, 6) is 0.495. The number of imidazole rings is 1. The Balaban J connectivity index is 1.96. The van der Waals surface area contributed by atoms with Crippen LogP contribution >= 0.6 is 0 Å². The van der Waals surface area contributed by atoms with E-state index in [1.165, 1.54) is 12.1 Å². The molecule has 26 heavy (non-hydrogen) atoms. The third-order valence-electron chi connectivity index (χ3n) is 4.37. The third-order valence-corrected chi connectivity index (χ3v) is 4.37. The van der Waals surface area contributed by atoms with E-state index in [4.69, 9.17) is 0 Å². The van der Waals surface area contributed by atoms with E-state index in [-0.39, 0.29) is 11.7 Å². The summed E-state index contributed by atoms with van der Waals surface area (Å²) in [7, 11) is 0. The maximum atomic E-state index is 13.6. The molecule has 0 aliphatic carbocycles. The molecule has 136 valence electrons. The number of hydrogen-bond donors (Lipinski definition) is 0. The van der Waals surface area contributed by atoms with Crippen molar-refractivity contribution in [3.8, 4) is 0 Å². The number of fused-ring (bicyclic) bond motifs is 1. The van der Waals surface area contributed by atoms with Crippen molar-refractivity contribution in [2.45, 2.75) is 39.8 Å². The highest BCUT2D eigenvalue weighted by molar-refractivity contribution is 5.94. The smallest absolute Gasteiger partial charge is 0.254 e. The number of carbonyl (C=O) groups is 1. The maximum absolute atomic E-state index is 13.6. The number of aryl methyl sites for hydroxylation is 1. The van der Waals surface area contributed by atoms with Crippen LogP contribution in [0.4, 0.5) is 4.39 Å². The molecule has 0 fully saturated rings. The Kier molecular flexibility index (Phi) is 5.66. The van der Waals surface area contributed by atoms with E-state index in [0.717, 1.165) is 30.7 Å². The minimum atomic E-state index is -0.295. The van der Waals surface area contributed by atoms with E-state index in [2.05, 4.69) is 23.4 Å². The molecule has 1 aromatic heterocycles. The number of aromatic nitrogens is 2. The molecule has 1 heterocycles. The van der Waals surface area contributed by atoms with Gasteiger partial charge in [0.1, 0.15) is 11.6 Å². The lowest BCUT2D eigenvalue weighted by Gasteiger charge is -2.22. The summed E-state index contributed by atoms with van der Waals surface area (Å²) >= 11 is 0. The van der Waals surface area contributed by atoms with E-state index < -0.39 is 0 Å². The highest BCUT2D eigenvalue weighted by Crippen LogP contribution is 2.20. The number of amides is 1. The second kappa shape index (κ2) is 8.13. The zero-order valence-corrected chi connectivity index (χ0v) is 15.3. The molecule has 3 rings (SSSR count). The maximum Gasteiger partial charge on any atom is 0.254 e. The molecule has 1 amide bonds. The Morgan fingerprint density at radius 3 is 2.58 bits per heavy atom. The molecule has 0 bridgehead atoms. The van der Waals surface area contributed by atoms with Crippen LogP contribution < -0.4 is 0 Å². The van der Waals surface area contributed by atoms with Crippen LogP contribution in [-0.4, -0.2) is 26.9 Å². The first kappa shape index (κ1) is 18.1. The average molecular weight is 353 g/mol. The Morgan fingerprint density at radius 2 is 1.88 bits per heavy atom. The quantitative estimate of drug-likeness (QED) is 0.621. The first-order valence-electron chi connectivity index (χ1n) is 9.13. The number of nitrogens with zero attached hydrogens (tertiary/aromatic N) is 3. The highest BCUT2D eigenvalue weighted by atomic mass is 19.1. The van der Waals surface area contributed by atoms with Crippen molar-refractivity contribution in [1.29, 1.82) is 0 Å². The molecule has 0 atom stereocenters. The topological polar surface area (TPSA) is 38.1 Å². The van der Waals surface area contributed by atoms with Gasteiger partial charge in [-0.2, -0.15) is 0 Å². The predicted octanol–water partition coefficient (Wildman–Crippen LogP) is 4.64. The van der Waals surface area contributed by atoms with Crippen LogP contribution in [0.15, 0.2) is 48.5 Å². The van der Waals surface area contributed by atoms with Crippen LogP contribution in [-0.2, 0) is 13.1 Å². The number of hydrogen-bond acceptors (Lipinski definition) is 2. The molecule has 0 N–H and O–H groups in total. The third kappa shape index (κ3) is 3.77. The van der Waals surface area contributed by atoms with Gasteiger partial charge >= 0.3 is 0 Å². The predicted molar refractivity (Wildman–Crippen MR) is 101 cm³/mol. The lowest BCUT2D eigenvalue weighted by Crippen LogP contribution is -2.32. The summed E-state index contributed by atoms with van der Waals surface area (Å²) in [6.07, 6.45) is 1.80. The van der Waals surface area contributed by atoms with Gasteiger partial charge in [-0.25, -0.2) is 9.37 Å². The molecular formula is C21H24FN3O. The fourth-order valence-corrected chi connectivity index (χ4v) is 3.20. The zero-order valence-electron chi connectivity index (χ0n) is 15.3. The molecule has 0 spiro atoms. The molecule has 0 saturated carbocycles. The monoisotopic (exact) mass is 353 g/mol. The lowest BCUT2D eigenvalue weighted by molar-refractivity contribution is 0.0737. The second-order valence-electron chi connectivity index (χ2n) is 6.41. The molecule has 0 unspecified atom stereocenters. The number of benzene rings is 2. The van der Waals surface area contributed by atoms with Crippen LogP contribution in [0, 0.1) is 5.82 Å². The Labute approximate surface area is 153 Å². The Bertz CT molecular complexity index is 889. The van der Waals surface area contributed by atoms with Gasteiger partial charge in [0.15, 0.2) is 0 Å². The van der Waals surface area contributed by atoms with Gasteiger partial charge in [0.25, 0.3) is 5.91 Å². The van der Waals surface area contributed by atoms with Gasteiger partial charge in [-0.1, -0.05) is 32.0 Å². The van der Waals surface area contributed by atoms with Gasteiger partial charge in [-0.15, -0.1) is 0 Å². The van der Waals surface area contributed by atoms with Gasteiger partial charge in [0.2, 0.25) is 0 Å². The lowest BCUT2D eigenvalue weighted by atomic mass is 10.2. The van der Waals surface area contributed by atoms with Crippen molar-refractivity contribution in [2.75, 3.05) is 6.54 Å². The van der Waals surface area contributed by atoms with Crippen molar-refractivity contribution >= 4 is 16.9 Å². The molecule has 2 aromatic carbocycles. The SMILES string of the molecule is CCCN(Cc1nc2cc(F)ccc2n1CCC)C(=O)c1ccccc1. The van der Waals surface area contributed by atoms with Crippen molar-refractivity contribution in [1.82, 2.24) is 14.5 Å². The molecule has 5 heteroatoms.